The third kappa shape index (κ3) is 7.80. The molecule has 0 aliphatic heterocycles. The van der Waals surface area contributed by atoms with Gasteiger partial charge in [0.1, 0.15) is 17.0 Å². The Labute approximate surface area is 198 Å². The van der Waals surface area contributed by atoms with E-state index in [0.29, 0.717) is 36.9 Å². The molecule has 0 saturated heterocycles. The van der Waals surface area contributed by atoms with E-state index >= 15 is 0 Å². The highest BCUT2D eigenvalue weighted by atomic mass is 16.5. The van der Waals surface area contributed by atoms with Crippen molar-refractivity contribution in [2.24, 2.45) is 0 Å². The third-order valence-corrected chi connectivity index (χ3v) is 4.14. The highest BCUT2D eigenvalue weighted by molar-refractivity contribution is 6.01. The number of benzene rings is 1. The predicted octanol–water partition coefficient (Wildman–Crippen LogP) is 4.17. The lowest BCUT2D eigenvalue weighted by Gasteiger charge is -2.14. The maximum Gasteiger partial charge on any atom is 0.293 e. The molecule has 3 rings (SSSR count). The normalized spacial score (nSPS) is 10.5. The second kappa shape index (κ2) is 12.2. The molecule has 1 amide bonds. The number of nitrogens with zero attached hydrogens (tertiary/aromatic N) is 2. The van der Waals surface area contributed by atoms with Crippen LogP contribution in [0.15, 0.2) is 47.3 Å². The Morgan fingerprint density at radius 1 is 1.21 bits per heavy atom. The largest absolute Gasteiger partial charge is 0.477 e. The van der Waals surface area contributed by atoms with Gasteiger partial charge in [-0.2, -0.15) is 4.98 Å². The monoisotopic (exact) mass is 469 g/mol. The van der Waals surface area contributed by atoms with Crippen LogP contribution in [0.4, 0.5) is 17.2 Å². The number of pyridine rings is 1. The number of anilines is 3. The molecule has 0 aliphatic carbocycles. The number of nitrogens with two attached hydrogens (primary N) is 1. The van der Waals surface area contributed by atoms with Crippen molar-refractivity contribution in [3.63, 3.8) is 0 Å². The Hall–Kier alpha value is -4.08. The number of aromatic nitrogens is 2. The zero-order valence-electron chi connectivity index (χ0n) is 20.0. The molecule has 0 bridgehead atoms. The summed E-state index contributed by atoms with van der Waals surface area (Å²) in [6.45, 7) is 10.4. The van der Waals surface area contributed by atoms with E-state index < -0.39 is 0 Å². The van der Waals surface area contributed by atoms with Gasteiger partial charge in [-0.15, -0.1) is 0 Å². The van der Waals surface area contributed by atoms with Crippen LogP contribution < -0.4 is 21.1 Å². The van der Waals surface area contributed by atoms with Crippen LogP contribution in [-0.4, -0.2) is 41.1 Å². The summed E-state index contributed by atoms with van der Waals surface area (Å²) in [5, 5.41) is 5.88. The minimum absolute atomic E-state index is 0.198. The van der Waals surface area contributed by atoms with Gasteiger partial charge in [-0.3, -0.25) is 9.59 Å². The number of ether oxygens (including phenoxy) is 2. The topological polar surface area (TPSA) is 142 Å². The van der Waals surface area contributed by atoms with Crippen LogP contribution in [0.3, 0.4) is 0 Å². The summed E-state index contributed by atoms with van der Waals surface area (Å²) in [4.78, 5) is 30.1. The molecule has 2 aromatic heterocycles. The fourth-order valence-electron chi connectivity index (χ4n) is 2.69. The van der Waals surface area contributed by atoms with Crippen LogP contribution in [0, 0.1) is 0 Å². The third-order valence-electron chi connectivity index (χ3n) is 4.14. The zero-order chi connectivity index (χ0) is 25.1. The molecule has 0 atom stereocenters. The molecule has 1 aromatic carbocycles. The Balaban J connectivity index is 0.000000509. The van der Waals surface area contributed by atoms with Crippen LogP contribution >= 0.6 is 0 Å². The number of carbonyl (C=O) groups is 2. The van der Waals surface area contributed by atoms with Gasteiger partial charge < -0.3 is 30.3 Å². The van der Waals surface area contributed by atoms with Crippen molar-refractivity contribution in [3.8, 4) is 17.2 Å². The highest BCUT2D eigenvalue weighted by Gasteiger charge is 2.19. The minimum Gasteiger partial charge on any atom is -0.477 e. The van der Waals surface area contributed by atoms with Crippen LogP contribution in [0.25, 0.3) is 11.3 Å². The Kier molecular flexibility index (Phi) is 9.42. The molecule has 182 valence electrons. The first-order chi connectivity index (χ1) is 16.2. The second-order valence-electron chi connectivity index (χ2n) is 7.96. The number of nitrogen functional groups attached to an aromatic ring is 1. The van der Waals surface area contributed by atoms with E-state index in [-0.39, 0.29) is 23.0 Å². The van der Waals surface area contributed by atoms with Crippen molar-refractivity contribution < 1.29 is 23.5 Å². The molecular weight excluding hydrogens is 438 g/mol. The van der Waals surface area contributed by atoms with Gasteiger partial charge in [0, 0.05) is 23.9 Å². The first-order valence-electron chi connectivity index (χ1n) is 10.8. The Morgan fingerprint density at radius 2 is 1.91 bits per heavy atom. The molecule has 0 saturated carbocycles. The second-order valence-corrected chi connectivity index (χ2v) is 7.96. The van der Waals surface area contributed by atoms with Gasteiger partial charge in [0.05, 0.1) is 18.5 Å². The molecule has 0 spiro atoms. The number of hydrogen-bond donors (Lipinski definition) is 3. The highest BCUT2D eigenvalue weighted by Crippen LogP contribution is 2.28. The lowest BCUT2D eigenvalue weighted by atomic mass is 10.1. The molecule has 0 fully saturated rings. The van der Waals surface area contributed by atoms with Gasteiger partial charge in [0.15, 0.2) is 12.2 Å². The van der Waals surface area contributed by atoms with E-state index in [1.54, 1.807) is 12.3 Å². The molecule has 4 N–H and O–H groups in total. The number of hydrogen-bond acceptors (Lipinski definition) is 9. The van der Waals surface area contributed by atoms with Crippen molar-refractivity contribution in [1.82, 2.24) is 15.3 Å². The van der Waals surface area contributed by atoms with Crippen molar-refractivity contribution in [3.05, 3.63) is 48.5 Å². The summed E-state index contributed by atoms with van der Waals surface area (Å²) in [7, 11) is 0. The number of rotatable bonds is 8. The van der Waals surface area contributed by atoms with Gasteiger partial charge in [-0.05, 0) is 58.9 Å². The molecule has 0 radical (unpaired) electrons. The Bertz CT molecular complexity index is 1060. The SMILES string of the molecule is CC(C)(C)OC=O.CCNC(=O)c1c(N)cc(Nc2ccc(-c3cnco3)cc2)nc1OCC. The van der Waals surface area contributed by atoms with E-state index in [1.807, 2.05) is 58.9 Å². The van der Waals surface area contributed by atoms with E-state index in [0.717, 1.165) is 11.3 Å². The molecule has 34 heavy (non-hydrogen) atoms. The van der Waals surface area contributed by atoms with Gasteiger partial charge in [-0.25, -0.2) is 4.98 Å². The molecule has 2 heterocycles. The van der Waals surface area contributed by atoms with Crippen LogP contribution in [0.5, 0.6) is 5.88 Å². The van der Waals surface area contributed by atoms with Gasteiger partial charge in [0.25, 0.3) is 12.4 Å². The first kappa shape index (κ1) is 26.2. The van der Waals surface area contributed by atoms with Gasteiger partial charge in [-0.1, -0.05) is 0 Å². The summed E-state index contributed by atoms with van der Waals surface area (Å²) in [6.07, 6.45) is 3.04. The van der Waals surface area contributed by atoms with Crippen molar-refractivity contribution in [1.29, 1.82) is 0 Å². The quantitative estimate of drug-likeness (QED) is 0.414. The smallest absolute Gasteiger partial charge is 0.293 e. The number of oxazole rings is 1. The summed E-state index contributed by atoms with van der Waals surface area (Å²) < 4.78 is 15.3. The van der Waals surface area contributed by atoms with Crippen molar-refractivity contribution in [2.75, 3.05) is 24.2 Å². The standard InChI is InChI=1S/C19H21N5O3.C5H10O2/c1-3-22-18(25)17-14(20)9-16(24-19(17)26-4-2)23-13-7-5-12(6-8-13)15-10-21-11-27-15;1-5(2,3)7-4-6/h5-11H,3-4H2,1-2H3,(H,22,25)(H3,20,23,24);4H,1-3H3. The maximum absolute atomic E-state index is 12.2. The zero-order valence-corrected chi connectivity index (χ0v) is 20.0. The van der Waals surface area contributed by atoms with E-state index in [1.165, 1.54) is 6.39 Å². The maximum atomic E-state index is 12.2. The van der Waals surface area contributed by atoms with Gasteiger partial charge >= 0.3 is 0 Å². The fraction of sp³-hybridized carbons (Fsp3) is 0.333. The Morgan fingerprint density at radius 3 is 2.41 bits per heavy atom. The summed E-state index contributed by atoms with van der Waals surface area (Å²) in [6, 6.07) is 9.18. The predicted molar refractivity (Wildman–Crippen MR) is 130 cm³/mol. The van der Waals surface area contributed by atoms with Crippen molar-refractivity contribution >= 4 is 29.6 Å². The lowest BCUT2D eigenvalue weighted by molar-refractivity contribution is -0.138. The lowest BCUT2D eigenvalue weighted by Crippen LogP contribution is -2.25. The van der Waals surface area contributed by atoms with Crippen LogP contribution in [0.1, 0.15) is 45.0 Å². The molecule has 0 unspecified atom stereocenters. The molecule has 10 nitrogen and oxygen atoms in total. The average molecular weight is 470 g/mol. The average Bonchev–Trinajstić information content (AvgIpc) is 3.29. The van der Waals surface area contributed by atoms with E-state index in [4.69, 9.17) is 14.9 Å². The fourth-order valence-corrected chi connectivity index (χ4v) is 2.69. The number of carbonyl (C=O) groups excluding carboxylic acids is 2. The summed E-state index contributed by atoms with van der Waals surface area (Å²) in [5.41, 5.74) is 8.01. The molecule has 0 aliphatic rings. The molecule has 3 aromatic rings. The molecular formula is C24H31N5O5. The van der Waals surface area contributed by atoms with Crippen molar-refractivity contribution in [2.45, 2.75) is 40.2 Å². The van der Waals surface area contributed by atoms with Gasteiger partial charge in [0.2, 0.25) is 5.88 Å². The van der Waals surface area contributed by atoms with Crippen LogP contribution in [0.2, 0.25) is 0 Å². The first-order valence-corrected chi connectivity index (χ1v) is 10.8. The summed E-state index contributed by atoms with van der Waals surface area (Å²) in [5.74, 6) is 1.06. The number of nitrogens with one attached hydrogen (secondary N) is 2. The summed E-state index contributed by atoms with van der Waals surface area (Å²) >= 11 is 0. The number of amides is 1. The minimum atomic E-state index is -0.318. The van der Waals surface area contributed by atoms with Crippen LogP contribution in [-0.2, 0) is 9.53 Å². The molecule has 10 heteroatoms. The van der Waals surface area contributed by atoms with E-state index in [9.17, 15) is 9.59 Å². The van der Waals surface area contributed by atoms with E-state index in [2.05, 4.69) is 25.3 Å².